The fourth-order valence-electron chi connectivity index (χ4n) is 2.47. The molecule has 1 aliphatic carbocycles. The van der Waals surface area contributed by atoms with Gasteiger partial charge in [0.1, 0.15) is 0 Å². The first-order chi connectivity index (χ1) is 7.22. The molecule has 2 N–H and O–H groups in total. The van der Waals surface area contributed by atoms with E-state index >= 15 is 0 Å². The summed E-state index contributed by atoms with van der Waals surface area (Å²) >= 11 is 11.5. The van der Waals surface area contributed by atoms with Crippen LogP contribution in [0, 0.1) is 5.92 Å². The van der Waals surface area contributed by atoms with Crippen molar-refractivity contribution in [2.45, 2.75) is 32.2 Å². The number of halogens is 2. The average molecular weight is 251 g/mol. The van der Waals surface area contributed by atoms with Gasteiger partial charge in [0.05, 0.1) is 0 Å². The second-order valence-electron chi connectivity index (χ2n) is 4.11. The van der Waals surface area contributed by atoms with Gasteiger partial charge in [-0.05, 0) is 31.8 Å². The van der Waals surface area contributed by atoms with Crippen molar-refractivity contribution in [3.63, 3.8) is 0 Å². The third-order valence-electron chi connectivity index (χ3n) is 3.27. The van der Waals surface area contributed by atoms with E-state index in [1.807, 2.05) is 0 Å². The molecule has 1 saturated carbocycles. The number of hydrogen-bond donors (Lipinski definition) is 1. The van der Waals surface area contributed by atoms with Crippen LogP contribution in [-0.2, 0) is 0 Å². The average Bonchev–Trinajstić information content (AvgIpc) is 2.73. The minimum Gasteiger partial charge on any atom is -0.330 e. The fraction of sp³-hybridized carbons (Fsp3) is 0.818. The van der Waals surface area contributed by atoms with E-state index in [9.17, 15) is 0 Å². The highest BCUT2D eigenvalue weighted by atomic mass is 35.5. The molecule has 0 aliphatic heterocycles. The molecule has 4 heteroatoms. The van der Waals surface area contributed by atoms with E-state index in [0.717, 1.165) is 19.6 Å². The van der Waals surface area contributed by atoms with Crippen LogP contribution in [0.4, 0.5) is 0 Å². The quantitative estimate of drug-likeness (QED) is 0.814. The van der Waals surface area contributed by atoms with Crippen molar-refractivity contribution in [3.8, 4) is 0 Å². The van der Waals surface area contributed by atoms with Gasteiger partial charge in [-0.1, -0.05) is 36.5 Å². The molecule has 0 aromatic carbocycles. The zero-order valence-corrected chi connectivity index (χ0v) is 10.8. The van der Waals surface area contributed by atoms with Crippen molar-refractivity contribution in [3.05, 3.63) is 10.6 Å². The predicted molar refractivity (Wildman–Crippen MR) is 67.2 cm³/mol. The van der Waals surface area contributed by atoms with Gasteiger partial charge in [0.15, 0.2) is 0 Å². The molecule has 2 atom stereocenters. The first-order valence-electron chi connectivity index (χ1n) is 5.61. The van der Waals surface area contributed by atoms with Gasteiger partial charge in [0.2, 0.25) is 0 Å². The summed E-state index contributed by atoms with van der Waals surface area (Å²) in [7, 11) is 0. The minimum atomic E-state index is 0.588. The monoisotopic (exact) mass is 250 g/mol. The van der Waals surface area contributed by atoms with E-state index in [4.69, 9.17) is 28.9 Å². The highest BCUT2D eigenvalue weighted by Gasteiger charge is 2.30. The fourth-order valence-corrected chi connectivity index (χ4v) is 2.69. The number of nitrogens with two attached hydrogens (primary N) is 1. The van der Waals surface area contributed by atoms with Crippen LogP contribution in [0.15, 0.2) is 10.6 Å². The minimum absolute atomic E-state index is 0.588. The van der Waals surface area contributed by atoms with Crippen molar-refractivity contribution in [1.29, 1.82) is 0 Å². The van der Waals surface area contributed by atoms with Gasteiger partial charge in [0, 0.05) is 23.2 Å². The lowest BCUT2D eigenvalue weighted by molar-refractivity contribution is 0.187. The molecule has 0 bridgehead atoms. The Hall–Kier alpha value is 0.240. The third-order valence-corrected chi connectivity index (χ3v) is 3.87. The molecule has 1 rings (SSSR count). The van der Waals surface area contributed by atoms with Crippen molar-refractivity contribution >= 4 is 23.2 Å². The Morgan fingerprint density at radius 1 is 1.53 bits per heavy atom. The van der Waals surface area contributed by atoms with Crippen LogP contribution in [0.2, 0.25) is 0 Å². The van der Waals surface area contributed by atoms with Crippen molar-refractivity contribution in [1.82, 2.24) is 4.90 Å². The van der Waals surface area contributed by atoms with E-state index in [-0.39, 0.29) is 0 Å². The Morgan fingerprint density at radius 3 is 2.80 bits per heavy atom. The van der Waals surface area contributed by atoms with Gasteiger partial charge >= 0.3 is 0 Å². The van der Waals surface area contributed by atoms with Crippen LogP contribution in [0.25, 0.3) is 0 Å². The largest absolute Gasteiger partial charge is 0.330 e. The van der Waals surface area contributed by atoms with Gasteiger partial charge in [-0.2, -0.15) is 0 Å². The SMILES string of the molecule is CCN(CC(Cl)=CCl)C1CCCC1CN. The Labute approximate surface area is 102 Å². The predicted octanol–water partition coefficient (Wildman–Crippen LogP) is 2.75. The van der Waals surface area contributed by atoms with E-state index in [0.29, 0.717) is 17.0 Å². The Balaban J connectivity index is 2.57. The van der Waals surface area contributed by atoms with E-state index in [2.05, 4.69) is 11.8 Å². The molecule has 0 heterocycles. The van der Waals surface area contributed by atoms with Crippen LogP contribution >= 0.6 is 23.2 Å². The first kappa shape index (κ1) is 13.3. The Morgan fingerprint density at radius 2 is 2.27 bits per heavy atom. The zero-order chi connectivity index (χ0) is 11.3. The lowest BCUT2D eigenvalue weighted by Gasteiger charge is -2.31. The normalized spacial score (nSPS) is 27.7. The molecule has 0 spiro atoms. The topological polar surface area (TPSA) is 29.3 Å². The third kappa shape index (κ3) is 3.63. The lowest BCUT2D eigenvalue weighted by Crippen LogP contribution is -2.40. The second-order valence-corrected chi connectivity index (χ2v) is 4.82. The summed E-state index contributed by atoms with van der Waals surface area (Å²) in [5.74, 6) is 0.629. The van der Waals surface area contributed by atoms with Gasteiger partial charge < -0.3 is 5.73 Å². The molecule has 1 fully saturated rings. The number of rotatable bonds is 5. The molecule has 0 amide bonds. The maximum absolute atomic E-state index is 5.96. The zero-order valence-electron chi connectivity index (χ0n) is 9.26. The summed E-state index contributed by atoms with van der Waals surface area (Å²) in [6.45, 7) is 4.69. The molecule has 0 aromatic heterocycles. The molecule has 2 nitrogen and oxygen atoms in total. The Bertz CT molecular complexity index is 219. The number of nitrogens with zero attached hydrogens (tertiary/aromatic N) is 1. The molecular weight excluding hydrogens is 231 g/mol. The lowest BCUT2D eigenvalue weighted by atomic mass is 10.0. The van der Waals surface area contributed by atoms with E-state index in [1.54, 1.807) is 0 Å². The summed E-state index contributed by atoms with van der Waals surface area (Å²) in [5.41, 5.74) is 7.23. The maximum atomic E-state index is 5.96. The van der Waals surface area contributed by atoms with Crippen molar-refractivity contribution in [2.24, 2.45) is 11.7 Å². The van der Waals surface area contributed by atoms with Gasteiger partial charge in [-0.3, -0.25) is 4.90 Å². The number of hydrogen-bond acceptors (Lipinski definition) is 2. The molecule has 15 heavy (non-hydrogen) atoms. The van der Waals surface area contributed by atoms with Crippen molar-refractivity contribution < 1.29 is 0 Å². The summed E-state index contributed by atoms with van der Waals surface area (Å²) in [5, 5.41) is 0.709. The van der Waals surface area contributed by atoms with Crippen molar-refractivity contribution in [2.75, 3.05) is 19.6 Å². The highest BCUT2D eigenvalue weighted by Crippen LogP contribution is 2.29. The molecule has 1 aliphatic rings. The summed E-state index contributed by atoms with van der Waals surface area (Å²) in [6, 6.07) is 0.588. The van der Waals surface area contributed by atoms with Crippen LogP contribution in [-0.4, -0.2) is 30.6 Å². The van der Waals surface area contributed by atoms with Crippen LogP contribution in [0.1, 0.15) is 26.2 Å². The molecule has 0 aromatic rings. The number of likely N-dealkylation sites (N-methyl/N-ethyl adjacent to an activating group) is 1. The summed E-state index contributed by atoms with van der Waals surface area (Å²) < 4.78 is 0. The van der Waals surface area contributed by atoms with Crippen LogP contribution in [0.5, 0.6) is 0 Å². The summed E-state index contributed by atoms with van der Waals surface area (Å²) in [4.78, 5) is 2.38. The van der Waals surface area contributed by atoms with E-state index < -0.39 is 0 Å². The van der Waals surface area contributed by atoms with Gasteiger partial charge in [-0.15, -0.1) is 0 Å². The molecule has 88 valence electrons. The summed E-state index contributed by atoms with van der Waals surface area (Å²) in [6.07, 6.45) is 3.77. The first-order valence-corrected chi connectivity index (χ1v) is 6.43. The smallest absolute Gasteiger partial charge is 0.0434 e. The highest BCUT2D eigenvalue weighted by molar-refractivity contribution is 6.36. The molecule has 2 unspecified atom stereocenters. The van der Waals surface area contributed by atoms with Gasteiger partial charge in [-0.25, -0.2) is 0 Å². The van der Waals surface area contributed by atoms with Gasteiger partial charge in [0.25, 0.3) is 0 Å². The second kappa shape index (κ2) is 6.74. The molecule has 0 saturated heterocycles. The van der Waals surface area contributed by atoms with Crippen LogP contribution < -0.4 is 5.73 Å². The van der Waals surface area contributed by atoms with E-state index in [1.165, 1.54) is 24.8 Å². The molecular formula is C11H20Cl2N2. The van der Waals surface area contributed by atoms with Crippen LogP contribution in [0.3, 0.4) is 0 Å². The molecule has 0 radical (unpaired) electrons. The Kier molecular flexibility index (Phi) is 5.98. The standard InChI is InChI=1S/C11H20Cl2N2/c1-2-15(8-10(13)6-12)11-5-3-4-9(11)7-14/h6,9,11H,2-5,7-8,14H2,1H3. The maximum Gasteiger partial charge on any atom is 0.0434 e.